The quantitative estimate of drug-likeness (QED) is 0.207. The van der Waals surface area contributed by atoms with Gasteiger partial charge in [-0.2, -0.15) is 79.0 Å². The maximum absolute atomic E-state index is 13.5. The Morgan fingerprint density at radius 3 is 1.06 bits per heavy atom. The van der Waals surface area contributed by atoms with Crippen LogP contribution in [0.15, 0.2) is 0 Å². The summed E-state index contributed by atoms with van der Waals surface area (Å²) in [4.78, 5) is 10.7. The van der Waals surface area contributed by atoms with E-state index >= 15 is 0 Å². The van der Waals surface area contributed by atoms with E-state index in [0.29, 0.717) is 6.92 Å². The predicted molar refractivity (Wildman–Crippen MR) is 67.2 cm³/mol. The number of carbonyl (C=O) groups is 1. The van der Waals surface area contributed by atoms with Crippen LogP contribution in [-0.4, -0.2) is 72.3 Å². The summed E-state index contributed by atoms with van der Waals surface area (Å²) < 4.78 is 265. The third-order valence-corrected chi connectivity index (χ3v) is 3.98. The van der Waals surface area contributed by atoms with Crippen LogP contribution < -0.4 is 0 Å². The summed E-state index contributed by atoms with van der Waals surface area (Å²) in [5, 5.41) is 0. The molecule has 0 fully saturated rings. The number of alkyl halides is 20. The Labute approximate surface area is 178 Å². The topological polar surface area (TPSA) is 26.3 Å². The molecule has 0 radical (unpaired) electrons. The van der Waals surface area contributed by atoms with Gasteiger partial charge in [0.1, 0.15) is 0 Å². The van der Waals surface area contributed by atoms with E-state index in [9.17, 15) is 92.6 Å². The predicted octanol–water partition coefficient (Wildman–Crippen LogP) is 6.53. The van der Waals surface area contributed by atoms with Crippen LogP contribution in [0.2, 0.25) is 0 Å². The van der Waals surface area contributed by atoms with Gasteiger partial charge in [-0.1, -0.05) is 0 Å². The lowest BCUT2D eigenvalue weighted by atomic mass is 9.86. The molecule has 0 aromatic heterocycles. The Balaban J connectivity index is 7.01. The van der Waals surface area contributed by atoms with Crippen molar-refractivity contribution in [2.45, 2.75) is 66.7 Å². The molecule has 0 heterocycles. The number of ether oxygens (including phenoxy) is 1. The highest BCUT2D eigenvalue weighted by atomic mass is 19.4. The third-order valence-electron chi connectivity index (χ3n) is 3.98. The van der Waals surface area contributed by atoms with E-state index in [2.05, 4.69) is 4.74 Å². The van der Waals surface area contributed by atoms with Crippen molar-refractivity contribution >= 4 is 5.97 Å². The molecule has 0 atom stereocenters. The molecular formula is C13H6F20O2. The van der Waals surface area contributed by atoms with Gasteiger partial charge >= 0.3 is 65.7 Å². The lowest BCUT2D eigenvalue weighted by molar-refractivity contribution is -0.463. The van der Waals surface area contributed by atoms with Crippen LogP contribution in [0.1, 0.15) is 6.92 Å². The van der Waals surface area contributed by atoms with E-state index in [-0.39, 0.29) is 0 Å². The van der Waals surface area contributed by atoms with E-state index in [0.717, 1.165) is 0 Å². The largest absolute Gasteiger partial charge is 0.461 e. The van der Waals surface area contributed by atoms with Crippen molar-refractivity contribution < 1.29 is 97.3 Å². The molecule has 210 valence electrons. The fourth-order valence-electron chi connectivity index (χ4n) is 1.88. The van der Waals surface area contributed by atoms with Crippen LogP contribution in [0.3, 0.4) is 0 Å². The number of hydrogen-bond donors (Lipinski definition) is 0. The second-order valence-electron chi connectivity index (χ2n) is 6.24. The zero-order valence-electron chi connectivity index (χ0n) is 15.7. The summed E-state index contributed by atoms with van der Waals surface area (Å²) in [6.45, 7) is -0.925. The monoisotopic (exact) mass is 574 g/mol. The molecule has 0 spiro atoms. The number of halogens is 20. The van der Waals surface area contributed by atoms with Crippen molar-refractivity contribution in [2.75, 3.05) is 6.61 Å². The summed E-state index contributed by atoms with van der Waals surface area (Å²) in [6.07, 6.45) is -6.12. The second-order valence-corrected chi connectivity index (χ2v) is 6.24. The number of esters is 1. The molecule has 2 nitrogen and oxygen atoms in total. The third kappa shape index (κ3) is 4.01. The highest BCUT2D eigenvalue weighted by Crippen LogP contribution is 2.65. The number of hydrogen-bond acceptors (Lipinski definition) is 2. The SMILES string of the molecule is CCOC(=O)C(F)(F)C(F)(F)C(F)(F)C(F)(F)C(F)(F)C(F)(F)C(F)(F)C(F)(F)C(F)(F)C(F)F. The lowest BCUT2D eigenvalue weighted by Gasteiger charge is -2.44. The Hall–Kier alpha value is -1.93. The summed E-state index contributed by atoms with van der Waals surface area (Å²) >= 11 is 0. The molecule has 0 unspecified atom stereocenters. The van der Waals surface area contributed by atoms with Crippen molar-refractivity contribution in [1.82, 2.24) is 0 Å². The zero-order chi connectivity index (χ0) is 29.1. The van der Waals surface area contributed by atoms with Gasteiger partial charge in [-0.3, -0.25) is 0 Å². The van der Waals surface area contributed by atoms with Crippen molar-refractivity contribution in [1.29, 1.82) is 0 Å². The Bertz CT molecular complexity index is 784. The smallest absolute Gasteiger partial charge is 0.410 e. The van der Waals surface area contributed by atoms with Crippen LogP contribution in [0, 0.1) is 0 Å². The first kappa shape index (κ1) is 33.1. The van der Waals surface area contributed by atoms with Gasteiger partial charge in [0, 0.05) is 0 Å². The van der Waals surface area contributed by atoms with Gasteiger partial charge in [-0.15, -0.1) is 0 Å². The molecule has 0 N–H and O–H groups in total. The summed E-state index contributed by atoms with van der Waals surface area (Å²) in [5.41, 5.74) is 0. The summed E-state index contributed by atoms with van der Waals surface area (Å²) in [7, 11) is 0. The standard InChI is InChI=1S/C13H6F20O2/c1-2-35-4(34)6(18,19)8(22,23)10(26,27)12(30,31)13(32,33)11(28,29)9(24,25)7(20,21)5(16,17)3(14)15/h3H,2H2,1H3. The summed E-state index contributed by atoms with van der Waals surface area (Å²) in [5.74, 6) is -80.5. The van der Waals surface area contributed by atoms with Crippen molar-refractivity contribution in [3.05, 3.63) is 0 Å². The van der Waals surface area contributed by atoms with Gasteiger partial charge in [0.15, 0.2) is 0 Å². The molecule has 0 amide bonds. The molecule has 0 saturated heterocycles. The van der Waals surface area contributed by atoms with Crippen LogP contribution in [0.5, 0.6) is 0 Å². The first-order valence-corrected chi connectivity index (χ1v) is 7.78. The molecular weight excluding hydrogens is 568 g/mol. The van der Waals surface area contributed by atoms with Crippen LogP contribution >= 0.6 is 0 Å². The normalized spacial score (nSPS) is 16.1. The molecule has 35 heavy (non-hydrogen) atoms. The van der Waals surface area contributed by atoms with E-state index in [1.165, 1.54) is 0 Å². The van der Waals surface area contributed by atoms with E-state index in [1.807, 2.05) is 0 Å². The Morgan fingerprint density at radius 2 is 0.800 bits per heavy atom. The second kappa shape index (κ2) is 8.58. The molecule has 0 aliphatic rings. The van der Waals surface area contributed by atoms with Gasteiger partial charge in [-0.05, 0) is 6.92 Å². The van der Waals surface area contributed by atoms with Crippen LogP contribution in [0.4, 0.5) is 87.8 Å². The fraction of sp³-hybridized carbons (Fsp3) is 0.923. The van der Waals surface area contributed by atoms with Gasteiger partial charge in [0.2, 0.25) is 0 Å². The maximum atomic E-state index is 13.5. The zero-order valence-corrected chi connectivity index (χ0v) is 15.7. The van der Waals surface area contributed by atoms with Gasteiger partial charge in [-0.25, -0.2) is 13.6 Å². The minimum atomic E-state index is -9.11. The van der Waals surface area contributed by atoms with Crippen molar-refractivity contribution in [2.24, 2.45) is 0 Å². The molecule has 0 rings (SSSR count). The molecule has 0 aromatic rings. The van der Waals surface area contributed by atoms with Crippen molar-refractivity contribution in [3.8, 4) is 0 Å². The van der Waals surface area contributed by atoms with E-state index in [4.69, 9.17) is 0 Å². The highest BCUT2D eigenvalue weighted by Gasteiger charge is 2.97. The molecule has 0 saturated carbocycles. The molecule has 22 heteroatoms. The van der Waals surface area contributed by atoms with Crippen LogP contribution in [0.25, 0.3) is 0 Å². The molecule has 0 aromatic carbocycles. The van der Waals surface area contributed by atoms with Gasteiger partial charge < -0.3 is 4.74 Å². The first-order chi connectivity index (χ1) is 14.9. The minimum Gasteiger partial charge on any atom is -0.461 e. The van der Waals surface area contributed by atoms with Crippen LogP contribution in [-0.2, 0) is 9.53 Å². The number of rotatable bonds is 11. The Kier molecular flexibility index (Phi) is 8.11. The number of carbonyl (C=O) groups excluding carboxylic acids is 1. The summed E-state index contributed by atoms with van der Waals surface area (Å²) in [6, 6.07) is 0. The minimum absolute atomic E-state index is 0.491. The highest BCUT2D eigenvalue weighted by molar-refractivity contribution is 5.79. The van der Waals surface area contributed by atoms with Crippen molar-refractivity contribution in [3.63, 3.8) is 0 Å². The molecule has 0 aliphatic heterocycles. The Morgan fingerprint density at radius 1 is 0.543 bits per heavy atom. The van der Waals surface area contributed by atoms with Gasteiger partial charge in [0.25, 0.3) is 0 Å². The fourth-order valence-corrected chi connectivity index (χ4v) is 1.88. The molecule has 0 aliphatic carbocycles. The van der Waals surface area contributed by atoms with Gasteiger partial charge in [0.05, 0.1) is 6.61 Å². The average Bonchev–Trinajstić information content (AvgIpc) is 2.66. The average molecular weight is 574 g/mol. The lowest BCUT2D eigenvalue weighted by Crippen LogP contribution is -2.76. The maximum Gasteiger partial charge on any atom is 0.410 e. The molecule has 0 bridgehead atoms. The van der Waals surface area contributed by atoms with E-state index in [1.54, 1.807) is 0 Å². The first-order valence-electron chi connectivity index (χ1n) is 7.78. The van der Waals surface area contributed by atoms with E-state index < -0.39 is 72.3 Å².